The van der Waals surface area contributed by atoms with Crippen molar-refractivity contribution in [2.45, 2.75) is 97.4 Å². The summed E-state index contributed by atoms with van der Waals surface area (Å²) in [7, 11) is 0. The molecule has 0 bridgehead atoms. The lowest BCUT2D eigenvalue weighted by Gasteiger charge is -2.07. The van der Waals surface area contributed by atoms with E-state index in [-0.39, 0.29) is 5.91 Å². The van der Waals surface area contributed by atoms with Crippen molar-refractivity contribution in [3.05, 3.63) is 59.7 Å². The van der Waals surface area contributed by atoms with E-state index < -0.39 is 0 Å². The number of nitrogens with one attached hydrogen (secondary N) is 1. The Kier molecular flexibility index (Phi) is 14.9. The number of rotatable bonds is 16. The lowest BCUT2D eigenvalue weighted by molar-refractivity contribution is -0.121. The number of hydrogen-bond donors (Lipinski definition) is 1. The number of hydrogen-bond acceptors (Lipinski definition) is 1. The lowest BCUT2D eigenvalue weighted by atomic mass is 10.1. The van der Waals surface area contributed by atoms with Gasteiger partial charge in [0.2, 0.25) is 5.91 Å². The van der Waals surface area contributed by atoms with E-state index in [1.807, 2.05) is 12.1 Å². The third-order valence-electron chi connectivity index (χ3n) is 5.09. The molecule has 1 rings (SSSR count). The highest BCUT2D eigenvalue weighted by molar-refractivity contribution is 5.75. The molecular weight excluding hydrogens is 342 g/mol. The Morgan fingerprint density at radius 1 is 0.857 bits per heavy atom. The zero-order valence-corrected chi connectivity index (χ0v) is 18.2. The van der Waals surface area contributed by atoms with Crippen LogP contribution in [0, 0.1) is 6.92 Å². The number of unbranched alkanes of at least 4 members (excludes halogenated alkanes) is 8. The van der Waals surface area contributed by atoms with E-state index in [4.69, 9.17) is 0 Å². The lowest BCUT2D eigenvalue weighted by Crippen LogP contribution is -2.22. The average Bonchev–Trinajstić information content (AvgIpc) is 2.70. The Bertz CT molecular complexity index is 574. The Hall–Kier alpha value is -1.83. The molecule has 0 radical (unpaired) electrons. The summed E-state index contributed by atoms with van der Waals surface area (Å²) < 4.78 is 0. The van der Waals surface area contributed by atoms with Crippen molar-refractivity contribution in [1.82, 2.24) is 5.32 Å². The van der Waals surface area contributed by atoms with Crippen molar-refractivity contribution in [2.75, 3.05) is 0 Å². The minimum atomic E-state index is 0.175. The van der Waals surface area contributed by atoms with Gasteiger partial charge in [-0.1, -0.05) is 87.6 Å². The Balaban J connectivity index is 1.90. The summed E-state index contributed by atoms with van der Waals surface area (Å²) in [5.41, 5.74) is 2.44. The molecule has 2 nitrogen and oxygen atoms in total. The maximum absolute atomic E-state index is 11.9. The van der Waals surface area contributed by atoms with Crippen LogP contribution < -0.4 is 5.32 Å². The average molecular weight is 384 g/mol. The van der Waals surface area contributed by atoms with Crippen LogP contribution in [0.3, 0.4) is 0 Å². The summed E-state index contributed by atoms with van der Waals surface area (Å²) in [6.07, 6.45) is 23.2. The summed E-state index contributed by atoms with van der Waals surface area (Å²) in [6.45, 7) is 4.98. The van der Waals surface area contributed by atoms with Gasteiger partial charge in [-0.3, -0.25) is 4.79 Å². The molecule has 0 spiro atoms. The maximum Gasteiger partial charge on any atom is 0.220 e. The van der Waals surface area contributed by atoms with Gasteiger partial charge in [-0.2, -0.15) is 0 Å². The first-order valence-corrected chi connectivity index (χ1v) is 11.3. The first-order chi connectivity index (χ1) is 13.7. The van der Waals surface area contributed by atoms with Crippen molar-refractivity contribution >= 4 is 5.91 Å². The van der Waals surface area contributed by atoms with Gasteiger partial charge < -0.3 is 5.32 Å². The monoisotopic (exact) mass is 383 g/mol. The highest BCUT2D eigenvalue weighted by Gasteiger charge is 2.02. The fourth-order valence-corrected chi connectivity index (χ4v) is 3.19. The second-order valence-electron chi connectivity index (χ2n) is 7.68. The highest BCUT2D eigenvalue weighted by Crippen LogP contribution is 2.09. The Labute approximate surface area is 173 Å². The number of aryl methyl sites for hydroxylation is 1. The van der Waals surface area contributed by atoms with Gasteiger partial charge in [-0.15, -0.1) is 0 Å². The zero-order chi connectivity index (χ0) is 20.3. The molecule has 0 atom stereocenters. The molecule has 2 heteroatoms. The molecule has 0 heterocycles. The van der Waals surface area contributed by atoms with Crippen LogP contribution in [0.4, 0.5) is 0 Å². The zero-order valence-electron chi connectivity index (χ0n) is 18.2. The SMILES string of the molecule is CCCCCC=CCC=CCCCCCCCC(=O)NCc1ccccc1C. The van der Waals surface area contributed by atoms with Crippen LogP contribution >= 0.6 is 0 Å². The first-order valence-electron chi connectivity index (χ1n) is 11.3. The summed E-state index contributed by atoms with van der Waals surface area (Å²) in [6, 6.07) is 8.22. The molecule has 0 saturated heterocycles. The molecular formula is C26H41NO. The molecule has 0 saturated carbocycles. The fraction of sp³-hybridized carbons (Fsp3) is 0.577. The van der Waals surface area contributed by atoms with Gasteiger partial charge in [0.25, 0.3) is 0 Å². The topological polar surface area (TPSA) is 29.1 Å². The molecule has 0 aliphatic carbocycles. The van der Waals surface area contributed by atoms with Gasteiger partial charge in [0.05, 0.1) is 0 Å². The van der Waals surface area contributed by atoms with Gasteiger partial charge in [0, 0.05) is 13.0 Å². The van der Waals surface area contributed by atoms with Crippen LogP contribution in [0.2, 0.25) is 0 Å². The number of carbonyl (C=O) groups excluding carboxylic acids is 1. The van der Waals surface area contributed by atoms with Crippen molar-refractivity contribution in [3.8, 4) is 0 Å². The van der Waals surface area contributed by atoms with Crippen LogP contribution in [0.25, 0.3) is 0 Å². The molecule has 1 amide bonds. The third kappa shape index (κ3) is 13.4. The van der Waals surface area contributed by atoms with Gasteiger partial charge >= 0.3 is 0 Å². The second kappa shape index (κ2) is 17.3. The fourth-order valence-electron chi connectivity index (χ4n) is 3.19. The summed E-state index contributed by atoms with van der Waals surface area (Å²) in [5, 5.41) is 3.04. The predicted octanol–water partition coefficient (Wildman–Crippen LogP) is 7.42. The van der Waals surface area contributed by atoms with Crippen molar-refractivity contribution in [1.29, 1.82) is 0 Å². The van der Waals surface area contributed by atoms with Crippen LogP contribution in [0.15, 0.2) is 48.6 Å². The van der Waals surface area contributed by atoms with Crippen LogP contribution in [0.5, 0.6) is 0 Å². The largest absolute Gasteiger partial charge is 0.352 e. The molecule has 28 heavy (non-hydrogen) atoms. The highest BCUT2D eigenvalue weighted by atomic mass is 16.1. The quantitative estimate of drug-likeness (QED) is 0.233. The first kappa shape index (κ1) is 24.2. The standard InChI is InChI=1S/C26H41NO/c1-3-4-5-6-7-8-9-10-11-12-13-14-15-16-17-22-26(28)27-23-25-21-19-18-20-24(25)2/h7-8,10-11,18-21H,3-6,9,12-17,22-23H2,1-2H3,(H,27,28). The normalized spacial score (nSPS) is 11.5. The smallest absolute Gasteiger partial charge is 0.220 e. The Morgan fingerprint density at radius 3 is 2.21 bits per heavy atom. The Morgan fingerprint density at radius 2 is 1.50 bits per heavy atom. The van der Waals surface area contributed by atoms with E-state index in [1.165, 1.54) is 62.5 Å². The van der Waals surface area contributed by atoms with E-state index in [1.54, 1.807) is 0 Å². The summed E-state index contributed by atoms with van der Waals surface area (Å²) >= 11 is 0. The van der Waals surface area contributed by atoms with Crippen LogP contribution in [0.1, 0.15) is 95.1 Å². The minimum absolute atomic E-state index is 0.175. The van der Waals surface area contributed by atoms with Gasteiger partial charge in [0.15, 0.2) is 0 Å². The third-order valence-corrected chi connectivity index (χ3v) is 5.09. The molecule has 0 unspecified atom stereocenters. The molecule has 156 valence electrons. The molecule has 0 aliphatic heterocycles. The molecule has 0 aliphatic rings. The van der Waals surface area contributed by atoms with E-state index in [2.05, 4.69) is 55.6 Å². The van der Waals surface area contributed by atoms with Crippen molar-refractivity contribution < 1.29 is 4.79 Å². The summed E-state index contributed by atoms with van der Waals surface area (Å²) in [4.78, 5) is 11.9. The number of benzene rings is 1. The van der Waals surface area contributed by atoms with E-state index in [9.17, 15) is 4.79 Å². The van der Waals surface area contributed by atoms with Crippen molar-refractivity contribution in [3.63, 3.8) is 0 Å². The van der Waals surface area contributed by atoms with Gasteiger partial charge in [-0.05, 0) is 56.6 Å². The number of carbonyl (C=O) groups is 1. The van der Waals surface area contributed by atoms with E-state index >= 15 is 0 Å². The number of amides is 1. The minimum Gasteiger partial charge on any atom is -0.352 e. The van der Waals surface area contributed by atoms with E-state index in [0.29, 0.717) is 13.0 Å². The maximum atomic E-state index is 11.9. The number of allylic oxidation sites excluding steroid dienone is 4. The molecule has 1 aromatic rings. The molecule has 0 fully saturated rings. The molecule has 0 aromatic heterocycles. The second-order valence-corrected chi connectivity index (χ2v) is 7.68. The van der Waals surface area contributed by atoms with E-state index in [0.717, 1.165) is 19.3 Å². The molecule has 1 aromatic carbocycles. The molecule has 1 N–H and O–H groups in total. The van der Waals surface area contributed by atoms with Crippen LogP contribution in [-0.2, 0) is 11.3 Å². The summed E-state index contributed by atoms with van der Waals surface area (Å²) in [5.74, 6) is 0.175. The van der Waals surface area contributed by atoms with Gasteiger partial charge in [-0.25, -0.2) is 0 Å². The van der Waals surface area contributed by atoms with Crippen LogP contribution in [-0.4, -0.2) is 5.91 Å². The van der Waals surface area contributed by atoms with Crippen molar-refractivity contribution in [2.24, 2.45) is 0 Å². The predicted molar refractivity (Wildman–Crippen MR) is 122 cm³/mol. The van der Waals surface area contributed by atoms with Gasteiger partial charge in [0.1, 0.15) is 0 Å².